The van der Waals surface area contributed by atoms with Gasteiger partial charge in [0, 0.05) is 19.3 Å². The van der Waals surface area contributed by atoms with Crippen LogP contribution in [0.2, 0.25) is 0 Å². The molecule has 0 aromatic carbocycles. The summed E-state index contributed by atoms with van der Waals surface area (Å²) in [4.78, 5) is 38.0. The highest BCUT2D eigenvalue weighted by Crippen LogP contribution is 2.18. The van der Waals surface area contributed by atoms with Gasteiger partial charge < -0.3 is 14.2 Å². The van der Waals surface area contributed by atoms with E-state index in [0.717, 1.165) is 63.7 Å². The van der Waals surface area contributed by atoms with Gasteiger partial charge in [0.05, 0.1) is 0 Å². The zero-order valence-corrected chi connectivity index (χ0v) is 40.2. The third-order valence-electron chi connectivity index (χ3n) is 12.4. The van der Waals surface area contributed by atoms with Crippen LogP contribution in [0.3, 0.4) is 0 Å². The Balaban J connectivity index is 4.32. The van der Waals surface area contributed by atoms with Gasteiger partial charge >= 0.3 is 17.9 Å². The van der Waals surface area contributed by atoms with E-state index in [2.05, 4.69) is 27.7 Å². The van der Waals surface area contributed by atoms with Gasteiger partial charge in [0.15, 0.2) is 6.10 Å². The molecule has 0 heterocycles. The van der Waals surface area contributed by atoms with E-state index in [1.807, 2.05) is 0 Å². The first-order valence-corrected chi connectivity index (χ1v) is 26.4. The summed E-state index contributed by atoms with van der Waals surface area (Å²) in [7, 11) is 0. The van der Waals surface area contributed by atoms with Crippen LogP contribution < -0.4 is 0 Å². The molecule has 0 aliphatic rings. The van der Waals surface area contributed by atoms with Crippen molar-refractivity contribution in [1.29, 1.82) is 0 Å². The molecule has 0 N–H and O–H groups in total. The summed E-state index contributed by atoms with van der Waals surface area (Å²) in [5.74, 6) is 0.0269. The average molecular weight is 835 g/mol. The number of unbranched alkanes of at least 4 members (excludes halogenated alkanes) is 34. The van der Waals surface area contributed by atoms with Crippen molar-refractivity contribution in [3.05, 3.63) is 0 Å². The van der Waals surface area contributed by atoms with Crippen molar-refractivity contribution < 1.29 is 28.6 Å². The maximum absolute atomic E-state index is 12.8. The SMILES string of the molecule is CCCCCCCCCCCCCCCCCC(=O)O[C@H](COC(=O)CCCCCCCCCCCCCC)COC(=O)CCCCCCCCCCCCC(C)CC. The van der Waals surface area contributed by atoms with Crippen LogP contribution in [-0.4, -0.2) is 37.2 Å². The summed E-state index contributed by atoms with van der Waals surface area (Å²) in [5.41, 5.74) is 0. The van der Waals surface area contributed by atoms with E-state index < -0.39 is 6.10 Å². The summed E-state index contributed by atoms with van der Waals surface area (Å²) in [6.07, 6.45) is 49.3. The lowest BCUT2D eigenvalue weighted by Crippen LogP contribution is -2.30. The summed E-state index contributed by atoms with van der Waals surface area (Å²) in [6, 6.07) is 0. The second-order valence-corrected chi connectivity index (χ2v) is 18.4. The Morgan fingerprint density at radius 1 is 0.339 bits per heavy atom. The molecule has 0 bridgehead atoms. The third-order valence-corrected chi connectivity index (χ3v) is 12.4. The molecule has 0 saturated carbocycles. The maximum Gasteiger partial charge on any atom is 0.306 e. The number of esters is 3. The van der Waals surface area contributed by atoms with Gasteiger partial charge in [0.1, 0.15) is 13.2 Å². The Kier molecular flexibility index (Phi) is 46.2. The highest BCUT2D eigenvalue weighted by Gasteiger charge is 2.19. The average Bonchev–Trinajstić information content (AvgIpc) is 3.23. The summed E-state index contributed by atoms with van der Waals surface area (Å²) in [5, 5.41) is 0. The minimum Gasteiger partial charge on any atom is -0.462 e. The molecule has 59 heavy (non-hydrogen) atoms. The second kappa shape index (κ2) is 47.5. The molecule has 0 fully saturated rings. The molecule has 0 aliphatic heterocycles. The van der Waals surface area contributed by atoms with Gasteiger partial charge in [-0.25, -0.2) is 0 Å². The largest absolute Gasteiger partial charge is 0.462 e. The van der Waals surface area contributed by atoms with Crippen LogP contribution in [0.25, 0.3) is 0 Å². The molecule has 0 aromatic heterocycles. The maximum atomic E-state index is 12.8. The number of ether oxygens (including phenoxy) is 3. The molecule has 0 spiro atoms. The van der Waals surface area contributed by atoms with Gasteiger partial charge in [0.2, 0.25) is 0 Å². The lowest BCUT2D eigenvalue weighted by Gasteiger charge is -2.18. The molecular formula is C53H102O6. The molecule has 2 atom stereocenters. The molecule has 0 saturated heterocycles. The van der Waals surface area contributed by atoms with Gasteiger partial charge in [0.25, 0.3) is 0 Å². The number of carbonyl (C=O) groups excluding carboxylic acids is 3. The van der Waals surface area contributed by atoms with Crippen molar-refractivity contribution in [2.45, 2.75) is 303 Å². The molecule has 0 aliphatic carbocycles. The third kappa shape index (κ3) is 45.8. The van der Waals surface area contributed by atoms with E-state index in [1.54, 1.807) is 0 Å². The molecule has 0 aromatic rings. The lowest BCUT2D eigenvalue weighted by molar-refractivity contribution is -0.167. The Morgan fingerprint density at radius 3 is 0.881 bits per heavy atom. The molecule has 0 radical (unpaired) electrons. The smallest absolute Gasteiger partial charge is 0.306 e. The number of hydrogen-bond donors (Lipinski definition) is 0. The highest BCUT2D eigenvalue weighted by atomic mass is 16.6. The quantitative estimate of drug-likeness (QED) is 0.0345. The number of carbonyl (C=O) groups is 3. The normalized spacial score (nSPS) is 12.4. The van der Waals surface area contributed by atoms with E-state index in [4.69, 9.17) is 14.2 Å². The van der Waals surface area contributed by atoms with Crippen molar-refractivity contribution in [3.63, 3.8) is 0 Å². The molecule has 0 amide bonds. The molecule has 0 rings (SSSR count). The molecule has 6 nitrogen and oxygen atoms in total. The van der Waals surface area contributed by atoms with Crippen molar-refractivity contribution >= 4 is 17.9 Å². The van der Waals surface area contributed by atoms with Crippen LogP contribution in [0.15, 0.2) is 0 Å². The van der Waals surface area contributed by atoms with Crippen molar-refractivity contribution in [2.75, 3.05) is 13.2 Å². The molecular weight excluding hydrogens is 733 g/mol. The number of rotatable bonds is 48. The fourth-order valence-electron chi connectivity index (χ4n) is 8.01. The molecule has 1 unspecified atom stereocenters. The fraction of sp³-hybridized carbons (Fsp3) is 0.943. The fourth-order valence-corrected chi connectivity index (χ4v) is 8.01. The Bertz CT molecular complexity index is 889. The van der Waals surface area contributed by atoms with E-state index in [1.165, 1.54) is 193 Å². The minimum atomic E-state index is -0.760. The zero-order chi connectivity index (χ0) is 43.1. The Hall–Kier alpha value is -1.59. The topological polar surface area (TPSA) is 78.9 Å². The predicted octanol–water partition coefficient (Wildman–Crippen LogP) is 17.1. The molecule has 350 valence electrons. The first kappa shape index (κ1) is 57.4. The predicted molar refractivity (Wildman–Crippen MR) is 252 cm³/mol. The lowest BCUT2D eigenvalue weighted by atomic mass is 9.99. The molecule has 6 heteroatoms. The highest BCUT2D eigenvalue weighted by molar-refractivity contribution is 5.71. The van der Waals surface area contributed by atoms with Crippen LogP contribution in [0.1, 0.15) is 297 Å². The van der Waals surface area contributed by atoms with Gasteiger partial charge in [-0.05, 0) is 25.2 Å². The Morgan fingerprint density at radius 2 is 0.593 bits per heavy atom. The van der Waals surface area contributed by atoms with E-state index in [0.29, 0.717) is 19.3 Å². The zero-order valence-electron chi connectivity index (χ0n) is 40.2. The van der Waals surface area contributed by atoms with Crippen molar-refractivity contribution in [3.8, 4) is 0 Å². The van der Waals surface area contributed by atoms with Crippen LogP contribution >= 0.6 is 0 Å². The summed E-state index contributed by atoms with van der Waals surface area (Å²) < 4.78 is 16.8. The van der Waals surface area contributed by atoms with E-state index in [9.17, 15) is 14.4 Å². The first-order chi connectivity index (χ1) is 28.9. The summed E-state index contributed by atoms with van der Waals surface area (Å²) >= 11 is 0. The van der Waals surface area contributed by atoms with Crippen LogP contribution in [0.4, 0.5) is 0 Å². The van der Waals surface area contributed by atoms with E-state index >= 15 is 0 Å². The van der Waals surface area contributed by atoms with Crippen molar-refractivity contribution in [2.24, 2.45) is 5.92 Å². The van der Waals surface area contributed by atoms with Gasteiger partial charge in [-0.2, -0.15) is 0 Å². The first-order valence-electron chi connectivity index (χ1n) is 26.4. The monoisotopic (exact) mass is 835 g/mol. The van der Waals surface area contributed by atoms with Crippen molar-refractivity contribution in [1.82, 2.24) is 0 Å². The van der Waals surface area contributed by atoms with Gasteiger partial charge in [-0.15, -0.1) is 0 Å². The van der Waals surface area contributed by atoms with Gasteiger partial charge in [-0.3, -0.25) is 14.4 Å². The van der Waals surface area contributed by atoms with Crippen LogP contribution in [0, 0.1) is 5.92 Å². The second-order valence-electron chi connectivity index (χ2n) is 18.4. The number of hydrogen-bond acceptors (Lipinski definition) is 6. The summed E-state index contributed by atoms with van der Waals surface area (Å²) in [6.45, 7) is 9.05. The Labute approximate surface area is 368 Å². The van der Waals surface area contributed by atoms with Gasteiger partial charge in [-0.1, -0.05) is 259 Å². The van der Waals surface area contributed by atoms with Crippen LogP contribution in [-0.2, 0) is 28.6 Å². The van der Waals surface area contributed by atoms with Crippen LogP contribution in [0.5, 0.6) is 0 Å². The minimum absolute atomic E-state index is 0.0627. The van der Waals surface area contributed by atoms with E-state index in [-0.39, 0.29) is 31.1 Å². The standard InChI is InChI=1S/C53H102O6/c1-5-8-10-12-14-16-18-20-21-22-24-30-34-38-42-46-53(56)59-50(47-57-51(54)44-40-36-32-28-23-19-17-15-13-11-9-6-2)48-58-52(55)45-41-37-33-29-26-25-27-31-35-39-43-49(4)7-3/h49-50H,5-48H2,1-4H3/t49?,50-/m1/s1.